The number of amides is 1. The van der Waals surface area contributed by atoms with Crippen molar-refractivity contribution in [3.05, 3.63) is 81.5 Å². The Labute approximate surface area is 131 Å². The number of nitrogens with one attached hydrogen (secondary N) is 1. The van der Waals surface area contributed by atoms with Crippen LogP contribution in [-0.2, 0) is 4.79 Å². The molecule has 0 fully saturated rings. The van der Waals surface area contributed by atoms with Gasteiger partial charge >= 0.3 is 0 Å². The van der Waals surface area contributed by atoms with Crippen molar-refractivity contribution < 1.29 is 19.6 Å². The highest BCUT2D eigenvalue weighted by Crippen LogP contribution is 2.12. The molecule has 2 aromatic rings. The Balaban J connectivity index is 2.20. The summed E-state index contributed by atoms with van der Waals surface area (Å²) in [6, 6.07) is 13.3. The summed E-state index contributed by atoms with van der Waals surface area (Å²) in [5.74, 6) is -2.24. The maximum atomic E-state index is 12.0. The van der Waals surface area contributed by atoms with Crippen molar-refractivity contribution in [2.75, 3.05) is 0 Å². The van der Waals surface area contributed by atoms with Gasteiger partial charge < -0.3 is 15.2 Å². The fourth-order valence-electron chi connectivity index (χ4n) is 1.79. The fourth-order valence-corrected chi connectivity index (χ4v) is 1.79. The van der Waals surface area contributed by atoms with Crippen LogP contribution in [0.15, 0.2) is 60.3 Å². The molecule has 23 heavy (non-hydrogen) atoms. The highest BCUT2D eigenvalue weighted by Gasteiger charge is 2.11. The Morgan fingerprint density at radius 1 is 1.00 bits per heavy atom. The summed E-state index contributed by atoms with van der Waals surface area (Å²) in [6.45, 7) is 0. The molecule has 116 valence electrons. The SMILES string of the molecule is O=C([O-])/C(=C/c1ccccc1)NC(=O)c1ccc([N+](=O)[O-])cc1. The van der Waals surface area contributed by atoms with Crippen LogP contribution in [-0.4, -0.2) is 16.8 Å². The van der Waals surface area contributed by atoms with Gasteiger partial charge in [-0.15, -0.1) is 0 Å². The number of benzene rings is 2. The zero-order valence-corrected chi connectivity index (χ0v) is 11.8. The first-order valence-corrected chi connectivity index (χ1v) is 6.51. The summed E-state index contributed by atoms with van der Waals surface area (Å²) in [5, 5.41) is 23.9. The maximum absolute atomic E-state index is 12.0. The van der Waals surface area contributed by atoms with Crippen molar-refractivity contribution in [2.24, 2.45) is 0 Å². The summed E-state index contributed by atoms with van der Waals surface area (Å²) in [7, 11) is 0. The van der Waals surface area contributed by atoms with Crippen molar-refractivity contribution >= 4 is 23.6 Å². The van der Waals surface area contributed by atoms with Crippen molar-refractivity contribution in [3.8, 4) is 0 Å². The van der Waals surface area contributed by atoms with Gasteiger partial charge in [0.1, 0.15) is 0 Å². The molecule has 0 unspecified atom stereocenters. The van der Waals surface area contributed by atoms with Crippen LogP contribution in [0.1, 0.15) is 15.9 Å². The van der Waals surface area contributed by atoms with Crippen LogP contribution < -0.4 is 10.4 Å². The molecular formula is C16H11N2O5-. The lowest BCUT2D eigenvalue weighted by molar-refractivity contribution is -0.384. The number of non-ortho nitro benzene ring substituents is 1. The van der Waals surface area contributed by atoms with E-state index in [4.69, 9.17) is 0 Å². The number of hydrogen-bond acceptors (Lipinski definition) is 5. The van der Waals surface area contributed by atoms with Gasteiger partial charge in [-0.3, -0.25) is 14.9 Å². The Bertz CT molecular complexity index is 767. The minimum atomic E-state index is -1.54. The number of nitrogens with zero attached hydrogens (tertiary/aromatic N) is 1. The second-order valence-electron chi connectivity index (χ2n) is 4.51. The standard InChI is InChI=1S/C16H12N2O5/c19-15(12-6-8-13(9-7-12)18(22)23)17-14(16(20)21)10-11-4-2-1-3-5-11/h1-10H,(H,17,19)(H,20,21)/p-1/b14-10-. The fraction of sp³-hybridized carbons (Fsp3) is 0. The number of carbonyl (C=O) groups excluding carboxylic acids is 2. The smallest absolute Gasteiger partial charge is 0.269 e. The van der Waals surface area contributed by atoms with E-state index in [1.54, 1.807) is 30.3 Å². The van der Waals surface area contributed by atoms with Gasteiger partial charge in [-0.1, -0.05) is 30.3 Å². The van der Waals surface area contributed by atoms with Gasteiger partial charge in [0.15, 0.2) is 0 Å². The molecule has 7 heteroatoms. The van der Waals surface area contributed by atoms with Gasteiger partial charge in [0.05, 0.1) is 16.6 Å². The van der Waals surface area contributed by atoms with Crippen LogP contribution in [0.2, 0.25) is 0 Å². The molecule has 0 radical (unpaired) electrons. The third kappa shape index (κ3) is 4.24. The Morgan fingerprint density at radius 3 is 2.13 bits per heavy atom. The van der Waals surface area contributed by atoms with E-state index in [0.29, 0.717) is 5.56 Å². The molecule has 0 bridgehead atoms. The second kappa shape index (κ2) is 6.99. The Morgan fingerprint density at radius 2 is 1.61 bits per heavy atom. The maximum Gasteiger partial charge on any atom is 0.269 e. The van der Waals surface area contributed by atoms with E-state index in [0.717, 1.165) is 12.1 Å². The highest BCUT2D eigenvalue weighted by molar-refractivity contribution is 6.02. The van der Waals surface area contributed by atoms with E-state index < -0.39 is 22.5 Å². The third-order valence-electron chi connectivity index (χ3n) is 2.92. The van der Waals surface area contributed by atoms with Gasteiger partial charge in [-0.05, 0) is 23.8 Å². The second-order valence-corrected chi connectivity index (χ2v) is 4.51. The number of carbonyl (C=O) groups is 2. The molecule has 0 aliphatic rings. The largest absolute Gasteiger partial charge is 0.543 e. The summed E-state index contributed by atoms with van der Waals surface area (Å²) >= 11 is 0. The van der Waals surface area contributed by atoms with Gasteiger partial charge in [0.25, 0.3) is 11.6 Å². The number of nitro groups is 1. The minimum absolute atomic E-state index is 0.0933. The number of carboxylic acids is 1. The lowest BCUT2D eigenvalue weighted by Crippen LogP contribution is -2.35. The molecule has 0 aliphatic heterocycles. The van der Waals surface area contributed by atoms with Crippen molar-refractivity contribution in [1.29, 1.82) is 0 Å². The van der Waals surface area contributed by atoms with Crippen LogP contribution in [0.5, 0.6) is 0 Å². The lowest BCUT2D eigenvalue weighted by atomic mass is 10.1. The molecule has 0 aliphatic carbocycles. The average Bonchev–Trinajstić information content (AvgIpc) is 2.55. The molecular weight excluding hydrogens is 300 g/mol. The molecule has 0 heterocycles. The quantitative estimate of drug-likeness (QED) is 0.505. The van der Waals surface area contributed by atoms with Gasteiger partial charge in [0.2, 0.25) is 0 Å². The molecule has 0 atom stereocenters. The van der Waals surface area contributed by atoms with E-state index in [1.165, 1.54) is 18.2 Å². The number of nitro benzene ring substituents is 1. The molecule has 0 aromatic heterocycles. The summed E-state index contributed by atoms with van der Waals surface area (Å²) in [6.07, 6.45) is 1.26. The van der Waals surface area contributed by atoms with Crippen molar-refractivity contribution in [1.82, 2.24) is 5.32 Å². The van der Waals surface area contributed by atoms with E-state index in [1.807, 2.05) is 0 Å². The van der Waals surface area contributed by atoms with Crippen LogP contribution in [0.3, 0.4) is 0 Å². The van der Waals surface area contributed by atoms with Crippen LogP contribution in [0.25, 0.3) is 6.08 Å². The Hall–Kier alpha value is -3.48. The molecule has 2 aromatic carbocycles. The zero-order valence-electron chi connectivity index (χ0n) is 11.8. The number of carboxylic acid groups (broad SMARTS) is 1. The summed E-state index contributed by atoms with van der Waals surface area (Å²) in [5.41, 5.74) is 0.104. The first-order chi connectivity index (χ1) is 11.0. The van der Waals surface area contributed by atoms with Gasteiger partial charge in [-0.25, -0.2) is 0 Å². The molecule has 0 saturated carbocycles. The monoisotopic (exact) mass is 311 g/mol. The van der Waals surface area contributed by atoms with Gasteiger partial charge in [-0.2, -0.15) is 0 Å². The number of hydrogen-bond donors (Lipinski definition) is 1. The summed E-state index contributed by atoms with van der Waals surface area (Å²) < 4.78 is 0. The zero-order chi connectivity index (χ0) is 16.8. The Kier molecular flexibility index (Phi) is 4.83. The average molecular weight is 311 g/mol. The van der Waals surface area contributed by atoms with E-state index in [2.05, 4.69) is 5.32 Å². The first kappa shape index (κ1) is 15.9. The van der Waals surface area contributed by atoms with Crippen molar-refractivity contribution in [2.45, 2.75) is 0 Å². The first-order valence-electron chi connectivity index (χ1n) is 6.51. The predicted octanol–water partition coefficient (Wildman–Crippen LogP) is 1.12. The minimum Gasteiger partial charge on any atom is -0.543 e. The number of aliphatic carboxylic acids is 1. The topological polar surface area (TPSA) is 112 Å². The van der Waals surface area contributed by atoms with Crippen LogP contribution >= 0.6 is 0 Å². The van der Waals surface area contributed by atoms with Gasteiger partial charge in [0, 0.05) is 17.7 Å². The van der Waals surface area contributed by atoms with Crippen molar-refractivity contribution in [3.63, 3.8) is 0 Å². The van der Waals surface area contributed by atoms with Crippen LogP contribution in [0.4, 0.5) is 5.69 Å². The molecule has 0 saturated heterocycles. The molecule has 0 spiro atoms. The van der Waals surface area contributed by atoms with Crippen LogP contribution in [0, 0.1) is 10.1 Å². The molecule has 7 nitrogen and oxygen atoms in total. The van der Waals surface area contributed by atoms with E-state index in [9.17, 15) is 24.8 Å². The molecule has 1 amide bonds. The van der Waals surface area contributed by atoms with E-state index in [-0.39, 0.29) is 11.3 Å². The normalized spacial score (nSPS) is 10.9. The highest BCUT2D eigenvalue weighted by atomic mass is 16.6. The molecule has 2 rings (SSSR count). The lowest BCUT2D eigenvalue weighted by Gasteiger charge is -2.11. The van der Waals surface area contributed by atoms with E-state index >= 15 is 0 Å². The predicted molar refractivity (Wildman–Crippen MR) is 80.0 cm³/mol. The number of rotatable bonds is 5. The molecule has 1 N–H and O–H groups in total. The third-order valence-corrected chi connectivity index (χ3v) is 2.92. The summed E-state index contributed by atoms with van der Waals surface area (Å²) in [4.78, 5) is 33.1.